The van der Waals surface area contributed by atoms with E-state index >= 15 is 0 Å². The van der Waals surface area contributed by atoms with E-state index in [0.29, 0.717) is 27.7 Å². The summed E-state index contributed by atoms with van der Waals surface area (Å²) in [6, 6.07) is 30.9. The number of rotatable bonds is 5. The summed E-state index contributed by atoms with van der Waals surface area (Å²) in [4.78, 5) is 46.9. The molecule has 38 heavy (non-hydrogen) atoms. The van der Waals surface area contributed by atoms with Crippen molar-refractivity contribution in [3.8, 4) is 5.75 Å². The van der Waals surface area contributed by atoms with Crippen LogP contribution >= 0.6 is 11.6 Å². The quantitative estimate of drug-likeness (QED) is 0.192. The Morgan fingerprint density at radius 2 is 1.37 bits per heavy atom. The number of ether oxygens (including phenoxy) is 1. The van der Waals surface area contributed by atoms with Gasteiger partial charge in [-0.05, 0) is 66.2 Å². The molecule has 0 aromatic heterocycles. The number of hydroxylamine groups is 1. The fourth-order valence-corrected chi connectivity index (χ4v) is 5.00. The van der Waals surface area contributed by atoms with Crippen molar-refractivity contribution >= 4 is 40.8 Å². The van der Waals surface area contributed by atoms with Crippen LogP contribution in [0.25, 0.3) is 0 Å². The summed E-state index contributed by atoms with van der Waals surface area (Å²) in [5, 5.41) is 2.13. The van der Waals surface area contributed by atoms with Gasteiger partial charge in [-0.2, -0.15) is 0 Å². The zero-order valence-electron chi connectivity index (χ0n) is 19.9. The second kappa shape index (κ2) is 9.78. The van der Waals surface area contributed by atoms with Crippen LogP contribution in [0.5, 0.6) is 5.75 Å². The summed E-state index contributed by atoms with van der Waals surface area (Å²) in [7, 11) is 0. The van der Waals surface area contributed by atoms with Crippen LogP contribution in [-0.2, 0) is 14.4 Å². The third-order valence-corrected chi connectivity index (χ3v) is 6.90. The van der Waals surface area contributed by atoms with Gasteiger partial charge in [-0.15, -0.1) is 0 Å². The number of hydrogen-bond donors (Lipinski definition) is 0. The molecule has 0 N–H and O–H groups in total. The molecule has 188 valence electrons. The molecule has 7 nitrogen and oxygen atoms in total. The minimum atomic E-state index is -0.987. The summed E-state index contributed by atoms with van der Waals surface area (Å²) in [6.07, 6.45) is -0.987. The van der Waals surface area contributed by atoms with E-state index in [1.54, 1.807) is 77.9 Å². The Morgan fingerprint density at radius 1 is 0.737 bits per heavy atom. The second-order valence-corrected chi connectivity index (χ2v) is 9.41. The number of fused-ring (bicyclic) bond motifs is 1. The molecule has 0 spiro atoms. The summed E-state index contributed by atoms with van der Waals surface area (Å²) in [5.41, 5.74) is 2.33. The van der Waals surface area contributed by atoms with E-state index in [0.717, 1.165) is 10.5 Å². The van der Waals surface area contributed by atoms with Gasteiger partial charge in [0.25, 0.3) is 5.91 Å². The molecule has 2 fully saturated rings. The summed E-state index contributed by atoms with van der Waals surface area (Å²) < 4.78 is 5.52. The number of halogens is 1. The Labute approximate surface area is 223 Å². The fraction of sp³-hybridized carbons (Fsp3) is 0.100. The number of nitrogens with zero attached hydrogens (tertiary/aromatic N) is 2. The van der Waals surface area contributed by atoms with Crippen molar-refractivity contribution in [2.24, 2.45) is 5.92 Å². The van der Waals surface area contributed by atoms with Crippen molar-refractivity contribution in [1.82, 2.24) is 0 Å². The molecule has 3 atom stereocenters. The van der Waals surface area contributed by atoms with Gasteiger partial charge in [0.1, 0.15) is 11.7 Å². The van der Waals surface area contributed by atoms with Crippen LogP contribution in [0.1, 0.15) is 22.0 Å². The van der Waals surface area contributed by atoms with Crippen LogP contribution < -0.4 is 14.7 Å². The molecule has 0 saturated carbocycles. The highest BCUT2D eigenvalue weighted by atomic mass is 35.5. The van der Waals surface area contributed by atoms with Crippen LogP contribution in [-0.4, -0.2) is 23.9 Å². The van der Waals surface area contributed by atoms with E-state index in [9.17, 15) is 14.4 Å². The maximum absolute atomic E-state index is 13.7. The van der Waals surface area contributed by atoms with Gasteiger partial charge in [0.15, 0.2) is 6.10 Å². The number of carbonyl (C=O) groups excluding carboxylic acids is 3. The average molecular weight is 525 g/mol. The van der Waals surface area contributed by atoms with Crippen LogP contribution in [0, 0.1) is 5.92 Å². The van der Waals surface area contributed by atoms with Gasteiger partial charge in [-0.1, -0.05) is 60.1 Å². The molecule has 4 aromatic rings. The lowest BCUT2D eigenvalue weighted by Crippen LogP contribution is -2.37. The lowest BCUT2D eigenvalue weighted by atomic mass is 9.90. The Morgan fingerprint density at radius 3 is 2.03 bits per heavy atom. The lowest BCUT2D eigenvalue weighted by molar-refractivity contribution is -0.126. The number of hydrogen-bond acceptors (Lipinski definition) is 6. The first kappa shape index (κ1) is 23.9. The largest absolute Gasteiger partial charge is 0.423 e. The first-order valence-corrected chi connectivity index (χ1v) is 12.4. The monoisotopic (exact) mass is 524 g/mol. The fourth-order valence-electron chi connectivity index (χ4n) is 4.87. The molecule has 2 heterocycles. The maximum Gasteiger partial charge on any atom is 0.343 e. The van der Waals surface area contributed by atoms with Gasteiger partial charge in [0.2, 0.25) is 5.91 Å². The summed E-state index contributed by atoms with van der Waals surface area (Å²) >= 11 is 6.01. The molecular weight excluding hydrogens is 504 g/mol. The third-order valence-electron chi connectivity index (χ3n) is 6.65. The highest BCUT2D eigenvalue weighted by Gasteiger charge is 2.60. The van der Waals surface area contributed by atoms with Crippen molar-refractivity contribution < 1.29 is 24.0 Å². The Hall–Kier alpha value is -4.46. The zero-order chi connectivity index (χ0) is 26.2. The van der Waals surface area contributed by atoms with Crippen molar-refractivity contribution in [3.05, 3.63) is 125 Å². The first-order chi connectivity index (χ1) is 18.5. The van der Waals surface area contributed by atoms with E-state index in [2.05, 4.69) is 0 Å². The first-order valence-electron chi connectivity index (χ1n) is 12.0. The minimum Gasteiger partial charge on any atom is -0.423 e. The lowest BCUT2D eigenvalue weighted by Gasteiger charge is -2.28. The van der Waals surface area contributed by atoms with Crippen LogP contribution in [0.2, 0.25) is 5.02 Å². The Bertz CT molecular complexity index is 1490. The highest BCUT2D eigenvalue weighted by molar-refractivity contribution is 6.31. The van der Waals surface area contributed by atoms with Crippen molar-refractivity contribution in [2.45, 2.75) is 12.1 Å². The van der Waals surface area contributed by atoms with E-state index in [1.807, 2.05) is 36.4 Å². The normalized spacial score (nSPS) is 20.5. The van der Waals surface area contributed by atoms with E-state index in [4.69, 9.17) is 21.2 Å². The average Bonchev–Trinajstić information content (AvgIpc) is 3.46. The number of anilines is 2. The number of para-hydroxylation sites is 1. The molecule has 0 bridgehead atoms. The highest BCUT2D eigenvalue weighted by Crippen LogP contribution is 2.47. The van der Waals surface area contributed by atoms with Gasteiger partial charge >= 0.3 is 5.97 Å². The molecule has 4 aromatic carbocycles. The van der Waals surface area contributed by atoms with Crippen molar-refractivity contribution in [1.29, 1.82) is 0 Å². The van der Waals surface area contributed by atoms with Crippen LogP contribution in [0.15, 0.2) is 109 Å². The van der Waals surface area contributed by atoms with Crippen molar-refractivity contribution in [3.63, 3.8) is 0 Å². The van der Waals surface area contributed by atoms with Gasteiger partial charge in [0, 0.05) is 5.02 Å². The molecule has 2 aliphatic heterocycles. The second-order valence-electron chi connectivity index (χ2n) is 8.97. The minimum absolute atomic E-state index is 0.356. The third kappa shape index (κ3) is 4.22. The number of benzene rings is 4. The van der Waals surface area contributed by atoms with E-state index in [-0.39, 0.29) is 5.91 Å². The van der Waals surface area contributed by atoms with E-state index < -0.39 is 29.9 Å². The molecule has 3 unspecified atom stereocenters. The van der Waals surface area contributed by atoms with Crippen molar-refractivity contribution in [2.75, 3.05) is 9.96 Å². The zero-order valence-corrected chi connectivity index (χ0v) is 20.7. The molecule has 0 radical (unpaired) electrons. The molecule has 2 amide bonds. The molecule has 8 heteroatoms. The predicted octanol–water partition coefficient (Wildman–Crippen LogP) is 5.61. The molecular formula is C30H21ClN2O5. The van der Waals surface area contributed by atoms with Crippen LogP contribution in [0.4, 0.5) is 11.4 Å². The van der Waals surface area contributed by atoms with Gasteiger partial charge < -0.3 is 4.74 Å². The van der Waals surface area contributed by atoms with Gasteiger partial charge in [-0.3, -0.25) is 14.4 Å². The topological polar surface area (TPSA) is 76.2 Å². The molecule has 2 saturated heterocycles. The summed E-state index contributed by atoms with van der Waals surface area (Å²) in [6.45, 7) is 0. The van der Waals surface area contributed by atoms with Crippen LogP contribution in [0.3, 0.4) is 0 Å². The number of amides is 2. The molecule has 0 aliphatic carbocycles. The standard InChI is InChI=1S/C30H21ClN2O5/c31-21-13-15-22(16-14-21)32-28(34)25-26(33(38-27(25)29(32)35)23-9-5-2-6-10-23)19-11-17-24(18-12-19)37-30(36)20-7-3-1-4-8-20/h1-18,25-27H. The predicted molar refractivity (Wildman–Crippen MR) is 142 cm³/mol. The smallest absolute Gasteiger partial charge is 0.343 e. The number of esters is 1. The Kier molecular flexibility index (Phi) is 6.15. The van der Waals surface area contributed by atoms with Gasteiger partial charge in [-0.25, -0.2) is 14.8 Å². The van der Waals surface area contributed by atoms with E-state index in [1.165, 1.54) is 0 Å². The number of carbonyl (C=O) groups is 3. The SMILES string of the molecule is O=C(Oc1ccc(C2C3C(=O)N(c4ccc(Cl)cc4)C(=O)C3ON2c2ccccc2)cc1)c1ccccc1. The Balaban J connectivity index is 1.32. The van der Waals surface area contributed by atoms with Gasteiger partial charge in [0.05, 0.1) is 23.0 Å². The number of imide groups is 1. The maximum atomic E-state index is 13.7. The molecule has 6 rings (SSSR count). The summed E-state index contributed by atoms with van der Waals surface area (Å²) in [5.74, 6) is -1.68. The molecule has 2 aliphatic rings.